The first kappa shape index (κ1) is 17.8. The molecule has 3 aromatic rings. The Kier molecular flexibility index (Phi) is 5.45. The van der Waals surface area contributed by atoms with Crippen LogP contribution in [0.4, 0.5) is 0 Å². The minimum Gasteiger partial charge on any atom is -0.493 e. The Labute approximate surface area is 160 Å². The summed E-state index contributed by atoms with van der Waals surface area (Å²) >= 11 is 3.52. The predicted molar refractivity (Wildman–Crippen MR) is 105 cm³/mol. The van der Waals surface area contributed by atoms with Gasteiger partial charge in [0.15, 0.2) is 11.5 Å². The Morgan fingerprint density at radius 2 is 1.81 bits per heavy atom. The Hall–Kier alpha value is -2.97. The molecule has 1 heterocycles. The molecule has 3 rings (SSSR count). The molecule has 0 saturated carbocycles. The van der Waals surface area contributed by atoms with Crippen LogP contribution in [0.25, 0.3) is 23.0 Å². The highest BCUT2D eigenvalue weighted by Crippen LogP contribution is 2.33. The summed E-state index contributed by atoms with van der Waals surface area (Å²) in [5.41, 5.74) is 2.15. The number of furan rings is 1. The molecule has 0 spiro atoms. The van der Waals surface area contributed by atoms with Crippen molar-refractivity contribution in [3.63, 3.8) is 0 Å². The third-order valence-corrected chi connectivity index (χ3v) is 4.56. The Morgan fingerprint density at radius 3 is 2.50 bits per heavy atom. The number of ether oxygens (including phenoxy) is 2. The van der Waals surface area contributed by atoms with Crippen LogP contribution < -0.4 is 9.47 Å². The van der Waals surface area contributed by atoms with Gasteiger partial charge in [0.2, 0.25) is 0 Å². The molecule has 0 N–H and O–H groups in total. The second kappa shape index (κ2) is 7.94. The van der Waals surface area contributed by atoms with Crippen LogP contribution in [0.5, 0.6) is 11.5 Å². The maximum absolute atomic E-state index is 9.56. The quantitative estimate of drug-likeness (QED) is 0.500. The highest BCUT2D eigenvalue weighted by Gasteiger charge is 2.10. The zero-order chi connectivity index (χ0) is 18.5. The lowest BCUT2D eigenvalue weighted by Gasteiger charge is -2.08. The van der Waals surface area contributed by atoms with Crippen LogP contribution in [0.15, 0.2) is 63.5 Å². The lowest BCUT2D eigenvalue weighted by molar-refractivity contribution is 0.355. The number of benzene rings is 2. The van der Waals surface area contributed by atoms with E-state index in [0.717, 1.165) is 21.4 Å². The molecule has 0 unspecified atom stereocenters. The van der Waals surface area contributed by atoms with Crippen LogP contribution in [0.1, 0.15) is 11.3 Å². The van der Waals surface area contributed by atoms with E-state index in [-0.39, 0.29) is 0 Å². The van der Waals surface area contributed by atoms with Gasteiger partial charge in [-0.1, -0.05) is 34.1 Å². The summed E-state index contributed by atoms with van der Waals surface area (Å²) in [7, 11) is 3.14. The van der Waals surface area contributed by atoms with E-state index in [2.05, 4.69) is 22.0 Å². The van der Waals surface area contributed by atoms with Crippen molar-refractivity contribution in [2.75, 3.05) is 14.2 Å². The SMILES string of the molecule is COc1ccc(/C(C#N)=C/c2ccc(-c3ccccc3Br)o2)cc1OC. The van der Waals surface area contributed by atoms with Gasteiger partial charge in [0.1, 0.15) is 11.5 Å². The monoisotopic (exact) mass is 409 g/mol. The summed E-state index contributed by atoms with van der Waals surface area (Å²) in [6, 6.07) is 19.1. The topological polar surface area (TPSA) is 55.4 Å². The number of hydrogen-bond donors (Lipinski definition) is 0. The van der Waals surface area contributed by atoms with Gasteiger partial charge >= 0.3 is 0 Å². The fourth-order valence-electron chi connectivity index (χ4n) is 2.56. The van der Waals surface area contributed by atoms with Gasteiger partial charge in [-0.2, -0.15) is 5.26 Å². The smallest absolute Gasteiger partial charge is 0.161 e. The normalized spacial score (nSPS) is 11.1. The molecular weight excluding hydrogens is 394 g/mol. The average molecular weight is 410 g/mol. The minimum atomic E-state index is 0.471. The summed E-state index contributed by atoms with van der Waals surface area (Å²) in [6.07, 6.45) is 1.71. The molecule has 0 aliphatic carbocycles. The van der Waals surface area contributed by atoms with Crippen molar-refractivity contribution in [3.05, 3.63) is 70.4 Å². The molecule has 0 radical (unpaired) electrons. The summed E-state index contributed by atoms with van der Waals surface area (Å²) in [5, 5.41) is 9.56. The van der Waals surface area contributed by atoms with Gasteiger partial charge in [-0.3, -0.25) is 0 Å². The molecule has 130 valence electrons. The lowest BCUT2D eigenvalue weighted by atomic mass is 10.1. The molecular formula is C21H16BrNO3. The second-order valence-electron chi connectivity index (χ2n) is 5.42. The van der Waals surface area contributed by atoms with Crippen LogP contribution in [0.2, 0.25) is 0 Å². The fraction of sp³-hybridized carbons (Fsp3) is 0.0952. The predicted octanol–water partition coefficient (Wildman–Crippen LogP) is 5.79. The number of allylic oxidation sites excluding steroid dienone is 1. The molecule has 0 amide bonds. The maximum atomic E-state index is 9.56. The number of nitriles is 1. The van der Waals surface area contributed by atoms with Gasteiger partial charge in [-0.05, 0) is 48.0 Å². The third-order valence-electron chi connectivity index (χ3n) is 3.87. The van der Waals surface area contributed by atoms with E-state index >= 15 is 0 Å². The summed E-state index contributed by atoms with van der Waals surface area (Å²) in [6.45, 7) is 0. The molecule has 4 nitrogen and oxygen atoms in total. The van der Waals surface area contributed by atoms with Gasteiger partial charge in [0.25, 0.3) is 0 Å². The van der Waals surface area contributed by atoms with E-state index in [1.54, 1.807) is 32.4 Å². The summed E-state index contributed by atoms with van der Waals surface area (Å²) in [4.78, 5) is 0. The molecule has 0 saturated heterocycles. The van der Waals surface area contributed by atoms with E-state index in [1.165, 1.54) is 0 Å². The van der Waals surface area contributed by atoms with Crippen LogP contribution >= 0.6 is 15.9 Å². The van der Waals surface area contributed by atoms with E-state index < -0.39 is 0 Å². The molecule has 5 heteroatoms. The first-order valence-corrected chi connectivity index (χ1v) is 8.64. The van der Waals surface area contributed by atoms with Crippen molar-refractivity contribution in [1.29, 1.82) is 5.26 Å². The zero-order valence-corrected chi connectivity index (χ0v) is 15.9. The highest BCUT2D eigenvalue weighted by molar-refractivity contribution is 9.10. The number of halogens is 1. The summed E-state index contributed by atoms with van der Waals surface area (Å²) in [5.74, 6) is 2.51. The number of nitrogens with zero attached hydrogens (tertiary/aromatic N) is 1. The Morgan fingerprint density at radius 1 is 1.04 bits per heavy atom. The van der Waals surface area contributed by atoms with Crippen molar-refractivity contribution >= 4 is 27.6 Å². The number of rotatable bonds is 5. The second-order valence-corrected chi connectivity index (χ2v) is 6.28. The minimum absolute atomic E-state index is 0.471. The molecule has 0 atom stereocenters. The van der Waals surface area contributed by atoms with Gasteiger partial charge in [-0.15, -0.1) is 0 Å². The first-order chi connectivity index (χ1) is 12.7. The highest BCUT2D eigenvalue weighted by atomic mass is 79.9. The van der Waals surface area contributed by atoms with E-state index in [4.69, 9.17) is 13.9 Å². The molecule has 0 fully saturated rings. The Bertz CT molecular complexity index is 998. The van der Waals surface area contributed by atoms with Crippen LogP contribution in [0, 0.1) is 11.3 Å². The first-order valence-electron chi connectivity index (χ1n) is 7.85. The van der Waals surface area contributed by atoms with Crippen LogP contribution in [-0.4, -0.2) is 14.2 Å². The zero-order valence-electron chi connectivity index (χ0n) is 14.3. The van der Waals surface area contributed by atoms with Crippen molar-refractivity contribution in [1.82, 2.24) is 0 Å². The fourth-order valence-corrected chi connectivity index (χ4v) is 3.04. The molecule has 0 bridgehead atoms. The van der Waals surface area contributed by atoms with Crippen LogP contribution in [0.3, 0.4) is 0 Å². The molecule has 0 aliphatic heterocycles. The third kappa shape index (κ3) is 3.66. The number of methoxy groups -OCH3 is 2. The number of hydrogen-bond acceptors (Lipinski definition) is 4. The molecule has 2 aromatic carbocycles. The molecule has 1 aromatic heterocycles. The largest absolute Gasteiger partial charge is 0.493 e. The molecule has 0 aliphatic rings. The van der Waals surface area contributed by atoms with E-state index in [9.17, 15) is 5.26 Å². The van der Waals surface area contributed by atoms with Crippen LogP contribution in [-0.2, 0) is 0 Å². The standard InChI is InChI=1S/C21H16BrNO3/c1-24-20-9-7-14(12-21(20)25-2)15(13-23)11-16-8-10-19(26-16)17-5-3-4-6-18(17)22/h3-12H,1-2H3/b15-11+. The van der Waals surface area contributed by atoms with E-state index in [0.29, 0.717) is 22.8 Å². The van der Waals surface area contributed by atoms with Crippen molar-refractivity contribution in [3.8, 4) is 28.9 Å². The van der Waals surface area contributed by atoms with E-state index in [1.807, 2.05) is 42.5 Å². The van der Waals surface area contributed by atoms with Crippen molar-refractivity contribution in [2.45, 2.75) is 0 Å². The van der Waals surface area contributed by atoms with Gasteiger partial charge in [0.05, 0.1) is 25.9 Å². The van der Waals surface area contributed by atoms with Gasteiger partial charge < -0.3 is 13.9 Å². The summed E-state index contributed by atoms with van der Waals surface area (Å²) < 4.78 is 17.4. The maximum Gasteiger partial charge on any atom is 0.161 e. The van der Waals surface area contributed by atoms with Gasteiger partial charge in [-0.25, -0.2) is 0 Å². The average Bonchev–Trinajstić information content (AvgIpc) is 3.14. The van der Waals surface area contributed by atoms with Gasteiger partial charge in [0, 0.05) is 10.0 Å². The Balaban J connectivity index is 1.96. The lowest BCUT2D eigenvalue weighted by Crippen LogP contribution is -1.92. The van der Waals surface area contributed by atoms with Crippen molar-refractivity contribution < 1.29 is 13.9 Å². The molecule has 26 heavy (non-hydrogen) atoms. The van der Waals surface area contributed by atoms with Crippen molar-refractivity contribution in [2.24, 2.45) is 0 Å².